The van der Waals surface area contributed by atoms with Crippen molar-refractivity contribution in [3.05, 3.63) is 42.5 Å². The van der Waals surface area contributed by atoms with Gasteiger partial charge in [-0.1, -0.05) is 24.8 Å². The summed E-state index contributed by atoms with van der Waals surface area (Å²) >= 11 is 0. The molecule has 1 saturated heterocycles. The molecule has 0 spiro atoms. The van der Waals surface area contributed by atoms with Crippen LogP contribution in [-0.2, 0) is 18.6 Å². The van der Waals surface area contributed by atoms with Crippen LogP contribution in [0.15, 0.2) is 42.5 Å². The van der Waals surface area contributed by atoms with Crippen LogP contribution in [-0.4, -0.2) is 25.3 Å². The minimum Gasteiger partial charge on any atom is -0.418 e. The average Bonchev–Trinajstić information content (AvgIpc) is 3.21. The fourth-order valence-corrected chi connectivity index (χ4v) is 2.11. The molecule has 0 bridgehead atoms. The molecule has 102 valence electrons. The van der Waals surface area contributed by atoms with Crippen LogP contribution in [0.2, 0.25) is 0 Å². The van der Waals surface area contributed by atoms with Crippen molar-refractivity contribution < 1.29 is 23.1 Å². The average molecular weight is 282 g/mol. The molecule has 0 radical (unpaired) electrons. The first-order valence-electron chi connectivity index (χ1n) is 5.80. The summed E-state index contributed by atoms with van der Waals surface area (Å²) in [7, 11) is -1.79. The molecule has 6 heteroatoms. The van der Waals surface area contributed by atoms with Gasteiger partial charge < -0.3 is 13.8 Å². The minimum absolute atomic E-state index is 0.0768. The number of hydrogen-bond donors (Lipinski definition) is 0. The second-order valence-corrected chi connectivity index (χ2v) is 5.11. The van der Waals surface area contributed by atoms with Crippen LogP contribution in [0.1, 0.15) is 6.92 Å². The van der Waals surface area contributed by atoms with Crippen LogP contribution in [0.3, 0.4) is 0 Å². The largest absolute Gasteiger partial charge is 0.465 e. The third-order valence-electron chi connectivity index (χ3n) is 2.20. The molecule has 0 aliphatic carbocycles. The smallest absolute Gasteiger partial charge is 0.418 e. The third kappa shape index (κ3) is 4.99. The number of ether oxygens (including phenoxy) is 1. The fourth-order valence-electron chi connectivity index (χ4n) is 1.09. The Morgan fingerprint density at radius 2 is 2.16 bits per heavy atom. The molecule has 2 rings (SSSR count). The van der Waals surface area contributed by atoms with Gasteiger partial charge in [-0.2, -0.15) is 0 Å². The van der Waals surface area contributed by atoms with E-state index in [1.165, 1.54) is 0 Å². The SMILES string of the molecule is C=C(C)C(=O)OP(OCC1CO1)Oc1ccccc1. The molecule has 2 unspecified atom stereocenters. The first-order chi connectivity index (χ1) is 9.15. The Bertz CT molecular complexity index is 444. The molecular weight excluding hydrogens is 267 g/mol. The molecule has 1 aromatic carbocycles. The van der Waals surface area contributed by atoms with Crippen LogP contribution in [0.4, 0.5) is 0 Å². The number of carbonyl (C=O) groups is 1. The topological polar surface area (TPSA) is 57.3 Å². The molecule has 0 aromatic heterocycles. The van der Waals surface area contributed by atoms with E-state index in [1.54, 1.807) is 19.1 Å². The van der Waals surface area contributed by atoms with Crippen molar-refractivity contribution in [2.75, 3.05) is 13.2 Å². The molecule has 0 saturated carbocycles. The lowest BCUT2D eigenvalue weighted by Gasteiger charge is -2.16. The zero-order valence-electron chi connectivity index (χ0n) is 10.6. The van der Waals surface area contributed by atoms with Crippen molar-refractivity contribution in [2.24, 2.45) is 0 Å². The van der Waals surface area contributed by atoms with E-state index >= 15 is 0 Å². The van der Waals surface area contributed by atoms with Crippen molar-refractivity contribution >= 4 is 14.6 Å². The monoisotopic (exact) mass is 282 g/mol. The lowest BCUT2D eigenvalue weighted by molar-refractivity contribution is -0.130. The van der Waals surface area contributed by atoms with Gasteiger partial charge in [0.2, 0.25) is 0 Å². The van der Waals surface area contributed by atoms with Gasteiger partial charge in [-0.15, -0.1) is 0 Å². The summed E-state index contributed by atoms with van der Waals surface area (Å²) < 4.78 is 21.1. The van der Waals surface area contributed by atoms with Gasteiger partial charge in [0.1, 0.15) is 11.9 Å². The number of benzene rings is 1. The number of para-hydroxylation sites is 1. The molecular formula is C13H15O5P. The lowest BCUT2D eigenvalue weighted by atomic mass is 10.3. The van der Waals surface area contributed by atoms with E-state index in [9.17, 15) is 4.79 Å². The zero-order chi connectivity index (χ0) is 13.7. The van der Waals surface area contributed by atoms with Gasteiger partial charge in [-0.3, -0.25) is 4.52 Å². The minimum atomic E-state index is -1.79. The maximum absolute atomic E-state index is 11.5. The van der Waals surface area contributed by atoms with Gasteiger partial charge in [0, 0.05) is 5.57 Å². The standard InChI is InChI=1S/C13H15O5P/c1-10(2)13(14)18-19(16-9-12-8-15-12)17-11-6-4-3-5-7-11/h3-7,12H,1,8-9H2,2H3. The molecule has 2 atom stereocenters. The van der Waals surface area contributed by atoms with Crippen LogP contribution in [0.5, 0.6) is 5.75 Å². The van der Waals surface area contributed by atoms with Crippen LogP contribution in [0, 0.1) is 0 Å². The molecule has 1 fully saturated rings. The van der Waals surface area contributed by atoms with Gasteiger partial charge in [0.05, 0.1) is 13.2 Å². The predicted molar refractivity (Wildman–Crippen MR) is 70.6 cm³/mol. The second kappa shape index (κ2) is 6.66. The normalized spacial score (nSPS) is 18.5. The molecule has 5 nitrogen and oxygen atoms in total. The number of hydrogen-bond acceptors (Lipinski definition) is 5. The van der Waals surface area contributed by atoms with Crippen LogP contribution < -0.4 is 4.52 Å². The predicted octanol–water partition coefficient (Wildman–Crippen LogP) is 2.83. The van der Waals surface area contributed by atoms with E-state index in [2.05, 4.69) is 6.58 Å². The molecule has 1 aliphatic rings. The van der Waals surface area contributed by atoms with E-state index in [-0.39, 0.29) is 6.10 Å². The Kier molecular flexibility index (Phi) is 4.91. The molecule has 1 aromatic rings. The molecule has 1 heterocycles. The van der Waals surface area contributed by atoms with Crippen molar-refractivity contribution in [1.82, 2.24) is 0 Å². The number of rotatable bonds is 7. The van der Waals surface area contributed by atoms with Crippen LogP contribution >= 0.6 is 8.60 Å². The van der Waals surface area contributed by atoms with Gasteiger partial charge in [-0.05, 0) is 19.1 Å². The van der Waals surface area contributed by atoms with Gasteiger partial charge in [0.25, 0.3) is 0 Å². The molecule has 0 amide bonds. The van der Waals surface area contributed by atoms with Crippen molar-refractivity contribution in [2.45, 2.75) is 13.0 Å². The van der Waals surface area contributed by atoms with Crippen molar-refractivity contribution in [3.63, 3.8) is 0 Å². The van der Waals surface area contributed by atoms with Gasteiger partial charge in [-0.25, -0.2) is 4.79 Å². The van der Waals surface area contributed by atoms with E-state index < -0.39 is 14.6 Å². The van der Waals surface area contributed by atoms with E-state index in [1.807, 2.05) is 18.2 Å². The van der Waals surface area contributed by atoms with Gasteiger partial charge >= 0.3 is 14.6 Å². The van der Waals surface area contributed by atoms with Gasteiger partial charge in [0.15, 0.2) is 0 Å². The first-order valence-corrected chi connectivity index (χ1v) is 6.90. The fraction of sp³-hybridized carbons (Fsp3) is 0.308. The summed E-state index contributed by atoms with van der Waals surface area (Å²) in [5.74, 6) is 0.0543. The summed E-state index contributed by atoms with van der Waals surface area (Å²) in [6, 6.07) is 9.05. The molecule has 19 heavy (non-hydrogen) atoms. The Balaban J connectivity index is 1.91. The highest BCUT2D eigenvalue weighted by Crippen LogP contribution is 2.41. The third-order valence-corrected chi connectivity index (χ3v) is 3.23. The Hall–Kier alpha value is -1.42. The maximum atomic E-state index is 11.5. The van der Waals surface area contributed by atoms with E-state index in [4.69, 9.17) is 18.3 Å². The second-order valence-electron chi connectivity index (χ2n) is 4.04. The highest BCUT2D eigenvalue weighted by atomic mass is 31.2. The van der Waals surface area contributed by atoms with Crippen molar-refractivity contribution in [1.29, 1.82) is 0 Å². The Labute approximate surface area is 113 Å². The zero-order valence-corrected chi connectivity index (χ0v) is 11.5. The summed E-state index contributed by atoms with van der Waals surface area (Å²) in [6.45, 7) is 6.11. The quantitative estimate of drug-likeness (QED) is 0.437. The summed E-state index contributed by atoms with van der Waals surface area (Å²) in [5.41, 5.74) is 0.301. The van der Waals surface area contributed by atoms with E-state index in [0.717, 1.165) is 0 Å². The Morgan fingerprint density at radius 3 is 2.74 bits per heavy atom. The summed E-state index contributed by atoms with van der Waals surface area (Å²) in [4.78, 5) is 11.5. The van der Waals surface area contributed by atoms with Crippen molar-refractivity contribution in [3.8, 4) is 5.75 Å². The van der Waals surface area contributed by atoms with Crippen LogP contribution in [0.25, 0.3) is 0 Å². The highest BCUT2D eigenvalue weighted by molar-refractivity contribution is 7.42. The first kappa shape index (κ1) is 14.0. The maximum Gasteiger partial charge on any atom is 0.465 e. The summed E-state index contributed by atoms with van der Waals surface area (Å²) in [6.07, 6.45) is 0.0768. The Morgan fingerprint density at radius 1 is 1.47 bits per heavy atom. The number of epoxide rings is 1. The molecule has 0 N–H and O–H groups in total. The number of carbonyl (C=O) groups excluding carboxylic acids is 1. The lowest BCUT2D eigenvalue weighted by Crippen LogP contribution is -2.08. The molecule has 1 aliphatic heterocycles. The summed E-state index contributed by atoms with van der Waals surface area (Å²) in [5, 5.41) is 0. The van der Waals surface area contributed by atoms with E-state index in [0.29, 0.717) is 24.5 Å². The highest BCUT2D eigenvalue weighted by Gasteiger charge is 2.28.